The van der Waals surface area contributed by atoms with E-state index in [9.17, 15) is 18.3 Å². The first kappa shape index (κ1) is 35.4. The van der Waals surface area contributed by atoms with Gasteiger partial charge in [-0.3, -0.25) is 4.79 Å². The van der Waals surface area contributed by atoms with Gasteiger partial charge >= 0.3 is 0 Å². The van der Waals surface area contributed by atoms with E-state index in [1.165, 1.54) is 5.56 Å². The lowest BCUT2D eigenvalue weighted by molar-refractivity contribution is -0.249. The molecule has 4 N–H and O–H groups in total. The first-order chi connectivity index (χ1) is 23.0. The van der Waals surface area contributed by atoms with E-state index in [0.29, 0.717) is 35.6 Å². The molecular formula is C36H50ClN3O7S. The maximum atomic E-state index is 13.5. The summed E-state index contributed by atoms with van der Waals surface area (Å²) < 4.78 is 48.1. The molecule has 1 saturated carbocycles. The van der Waals surface area contributed by atoms with Gasteiger partial charge in [0.1, 0.15) is 12.4 Å². The number of carbonyl (C=O) groups excluding carboxylic acids is 1. The van der Waals surface area contributed by atoms with Crippen LogP contribution >= 0.6 is 11.6 Å². The molecule has 1 aliphatic carbocycles. The van der Waals surface area contributed by atoms with E-state index in [4.69, 9.17) is 31.5 Å². The highest BCUT2D eigenvalue weighted by Gasteiger charge is 2.45. The van der Waals surface area contributed by atoms with Crippen molar-refractivity contribution in [3.05, 3.63) is 58.1 Å². The number of fused-ring (bicyclic) bond motifs is 3. The molecule has 5 atom stereocenters. The van der Waals surface area contributed by atoms with Gasteiger partial charge in [0.25, 0.3) is 5.91 Å². The summed E-state index contributed by atoms with van der Waals surface area (Å²) in [4.78, 5) is 15.8. The standard InChI is InChI=1S/C36H50ClN3O7S/c1-23-6-5-8-31(35-46-21-36(38,20-41)22-47-35)30-13-10-27(30)18-40-15-4-3-7-25-16-29(37)12-9-28(25)19-45-33-14-11-26(17-32(33)40)34(42)39-48(43,44)24(23)2/h9,11-12,14,16-17,23-24,27,30-31,35,41H,3-8,10,13,15,18-22,38H2,1-2H3,(H,39,42)/t23-,24+,27-,30+,31+,35-,36+/m0/s1. The third-order valence-electron chi connectivity index (χ3n) is 11.2. The van der Waals surface area contributed by atoms with Crippen molar-refractivity contribution in [3.8, 4) is 5.75 Å². The van der Waals surface area contributed by atoms with E-state index in [2.05, 4.69) is 9.62 Å². The van der Waals surface area contributed by atoms with E-state index < -0.39 is 33.0 Å². The Hall–Kier alpha value is -2.41. The zero-order valence-corrected chi connectivity index (χ0v) is 29.6. The molecular weight excluding hydrogens is 654 g/mol. The van der Waals surface area contributed by atoms with Gasteiger partial charge in [0.15, 0.2) is 6.29 Å². The average Bonchev–Trinajstić information content (AvgIpc) is 3.08. The summed E-state index contributed by atoms with van der Waals surface area (Å²) in [5.41, 5.74) is 8.66. The number of halogens is 1. The highest BCUT2D eigenvalue weighted by atomic mass is 35.5. The summed E-state index contributed by atoms with van der Waals surface area (Å²) in [5, 5.41) is 9.73. The molecule has 0 spiro atoms. The van der Waals surface area contributed by atoms with Crippen LogP contribution in [0.5, 0.6) is 5.75 Å². The molecule has 12 heteroatoms. The molecule has 2 bridgehead atoms. The zero-order chi connectivity index (χ0) is 34.1. The molecule has 2 aromatic carbocycles. The number of nitrogens with zero attached hydrogens (tertiary/aromatic N) is 1. The average molecular weight is 704 g/mol. The first-order valence-corrected chi connectivity index (χ1v) is 19.4. The van der Waals surface area contributed by atoms with Crippen LogP contribution in [0.25, 0.3) is 0 Å². The Morgan fingerprint density at radius 3 is 2.52 bits per heavy atom. The van der Waals surface area contributed by atoms with Crippen molar-refractivity contribution in [3.63, 3.8) is 0 Å². The van der Waals surface area contributed by atoms with Gasteiger partial charge in [-0.25, -0.2) is 13.1 Å². The van der Waals surface area contributed by atoms with Gasteiger partial charge in [0, 0.05) is 29.6 Å². The fraction of sp³-hybridized carbons (Fsp3) is 0.639. The molecule has 0 radical (unpaired) electrons. The molecule has 10 nitrogen and oxygen atoms in total. The molecule has 1 saturated heterocycles. The molecule has 4 aliphatic rings. The first-order valence-electron chi connectivity index (χ1n) is 17.4. The van der Waals surface area contributed by atoms with Crippen molar-refractivity contribution in [1.29, 1.82) is 0 Å². The van der Waals surface area contributed by atoms with Crippen LogP contribution in [0.2, 0.25) is 5.02 Å². The fourth-order valence-electron chi connectivity index (χ4n) is 7.72. The summed E-state index contributed by atoms with van der Waals surface area (Å²) in [6.45, 7) is 5.69. The second-order valence-corrected chi connectivity index (χ2v) is 17.0. The van der Waals surface area contributed by atoms with Crippen LogP contribution in [0.3, 0.4) is 0 Å². The number of ether oxygens (including phenoxy) is 3. The Labute approximate surface area is 289 Å². The molecule has 3 aliphatic heterocycles. The number of aryl methyl sites for hydroxylation is 1. The minimum Gasteiger partial charge on any atom is -0.487 e. The van der Waals surface area contributed by atoms with Crippen molar-refractivity contribution in [2.45, 2.75) is 88.9 Å². The van der Waals surface area contributed by atoms with E-state index in [0.717, 1.165) is 69.3 Å². The lowest BCUT2D eigenvalue weighted by atomic mass is 9.65. The third kappa shape index (κ3) is 7.81. The van der Waals surface area contributed by atoms with E-state index in [1.807, 2.05) is 25.1 Å². The van der Waals surface area contributed by atoms with Crippen molar-refractivity contribution < 1.29 is 32.5 Å². The summed E-state index contributed by atoms with van der Waals surface area (Å²) in [7, 11) is -3.94. The van der Waals surface area contributed by atoms with Crippen molar-refractivity contribution in [2.24, 2.45) is 29.4 Å². The number of aliphatic hydroxyl groups excluding tert-OH is 1. The maximum absolute atomic E-state index is 13.5. The highest BCUT2D eigenvalue weighted by molar-refractivity contribution is 7.90. The lowest BCUT2D eigenvalue weighted by Crippen LogP contribution is -2.59. The molecule has 2 fully saturated rings. The monoisotopic (exact) mass is 703 g/mol. The predicted octanol–water partition coefficient (Wildman–Crippen LogP) is 5.03. The number of benzene rings is 2. The number of sulfonamides is 1. The summed E-state index contributed by atoms with van der Waals surface area (Å²) >= 11 is 6.36. The zero-order valence-electron chi connectivity index (χ0n) is 28.0. The van der Waals surface area contributed by atoms with E-state index in [1.54, 1.807) is 25.1 Å². The molecule has 1 amide bonds. The number of nitrogens with two attached hydrogens (primary N) is 1. The second kappa shape index (κ2) is 14.8. The molecule has 0 unspecified atom stereocenters. The Kier molecular flexibility index (Phi) is 10.9. The van der Waals surface area contributed by atoms with Gasteiger partial charge in [-0.15, -0.1) is 0 Å². The third-order valence-corrected chi connectivity index (χ3v) is 13.3. The molecule has 264 valence electrons. The van der Waals surface area contributed by atoms with Crippen LogP contribution in [-0.2, 0) is 32.5 Å². The number of amides is 1. The number of rotatable bonds is 2. The quantitative estimate of drug-likeness (QED) is 0.393. The van der Waals surface area contributed by atoms with E-state index >= 15 is 0 Å². The number of nitrogens with one attached hydrogen (secondary N) is 1. The minimum absolute atomic E-state index is 0.101. The van der Waals surface area contributed by atoms with Crippen LogP contribution in [-0.4, -0.2) is 69.4 Å². The summed E-state index contributed by atoms with van der Waals surface area (Å²) in [6, 6.07) is 11.1. The number of anilines is 1. The van der Waals surface area contributed by atoms with Crippen LogP contribution in [0, 0.1) is 23.7 Å². The number of carbonyl (C=O) groups is 1. The molecule has 6 rings (SSSR count). The number of hydrogen-bond acceptors (Lipinski definition) is 9. The SMILES string of the molecule is C[C@@H]1[C@@H](C)CCC[C@@H]([C@H]2OC[C@](N)(CO)CO2)[C@@H]2CC[C@H]2CN2CCCCc3cc(Cl)ccc3COc3ccc(cc32)C(=O)NS1(=O)=O. The van der Waals surface area contributed by atoms with Gasteiger partial charge in [0.2, 0.25) is 10.0 Å². The highest BCUT2D eigenvalue weighted by Crippen LogP contribution is 2.46. The van der Waals surface area contributed by atoms with Crippen LogP contribution in [0.15, 0.2) is 36.4 Å². The topological polar surface area (TPSA) is 140 Å². The van der Waals surface area contributed by atoms with E-state index in [-0.39, 0.29) is 37.2 Å². The number of aliphatic hydroxyl groups is 1. The molecule has 2 aromatic rings. The van der Waals surface area contributed by atoms with Crippen molar-refractivity contribution in [1.82, 2.24) is 4.72 Å². The Morgan fingerprint density at radius 1 is 1.00 bits per heavy atom. The summed E-state index contributed by atoms with van der Waals surface area (Å²) in [5.74, 6) is 0.637. The normalized spacial score (nSPS) is 33.1. The Bertz CT molecular complexity index is 1560. The fourth-order valence-corrected chi connectivity index (χ4v) is 9.23. The van der Waals surface area contributed by atoms with Crippen molar-refractivity contribution >= 4 is 33.2 Å². The van der Waals surface area contributed by atoms with Gasteiger partial charge < -0.3 is 30.0 Å². The largest absolute Gasteiger partial charge is 0.487 e. The Morgan fingerprint density at radius 2 is 1.79 bits per heavy atom. The van der Waals surface area contributed by atoms with Gasteiger partial charge in [-0.1, -0.05) is 31.0 Å². The van der Waals surface area contributed by atoms with Gasteiger partial charge in [0.05, 0.1) is 36.3 Å². The minimum atomic E-state index is -3.94. The molecule has 3 heterocycles. The van der Waals surface area contributed by atoms with Gasteiger partial charge in [-0.2, -0.15) is 0 Å². The van der Waals surface area contributed by atoms with Crippen LogP contribution in [0.4, 0.5) is 5.69 Å². The predicted molar refractivity (Wildman–Crippen MR) is 186 cm³/mol. The smallest absolute Gasteiger partial charge is 0.264 e. The van der Waals surface area contributed by atoms with Crippen LogP contribution in [0.1, 0.15) is 80.3 Å². The molecule has 0 aromatic heterocycles. The number of hydrogen-bond donors (Lipinski definition) is 3. The van der Waals surface area contributed by atoms with Gasteiger partial charge in [-0.05, 0) is 111 Å². The molecule has 48 heavy (non-hydrogen) atoms. The summed E-state index contributed by atoms with van der Waals surface area (Å²) in [6.07, 6.45) is 6.72. The van der Waals surface area contributed by atoms with Crippen molar-refractivity contribution in [2.75, 3.05) is 37.8 Å². The maximum Gasteiger partial charge on any atom is 0.264 e. The second-order valence-electron chi connectivity index (χ2n) is 14.6. The lowest BCUT2D eigenvalue weighted by Gasteiger charge is -2.48. The Balaban J connectivity index is 1.35. The van der Waals surface area contributed by atoms with Crippen LogP contribution < -0.4 is 20.1 Å².